The van der Waals surface area contributed by atoms with Crippen molar-refractivity contribution in [1.29, 1.82) is 0 Å². The van der Waals surface area contributed by atoms with Gasteiger partial charge in [0.25, 0.3) is 5.91 Å². The number of carbonyl (C=O) groups is 1. The van der Waals surface area contributed by atoms with Gasteiger partial charge < -0.3 is 14.8 Å². The first kappa shape index (κ1) is 21.6. The minimum absolute atomic E-state index is 0.146. The van der Waals surface area contributed by atoms with E-state index in [1.54, 1.807) is 6.92 Å². The molecule has 0 aliphatic carbocycles. The topological polar surface area (TPSA) is 50.8 Å². The Bertz CT molecular complexity index is 810. The van der Waals surface area contributed by atoms with E-state index >= 15 is 0 Å². The fourth-order valence-corrected chi connectivity index (χ4v) is 3.45. The molecule has 1 fully saturated rings. The molecule has 2 aromatic carbocycles. The van der Waals surface area contributed by atoms with Crippen LogP contribution in [-0.4, -0.2) is 43.2 Å². The van der Waals surface area contributed by atoms with Gasteiger partial charge in [-0.2, -0.15) is 0 Å². The van der Waals surface area contributed by atoms with Crippen molar-refractivity contribution in [1.82, 2.24) is 10.2 Å². The minimum atomic E-state index is -0.587. The predicted octanol–water partition coefficient (Wildman–Crippen LogP) is 3.87. The molecule has 6 heteroatoms. The number of nitrogens with one attached hydrogen (secondary N) is 1. The van der Waals surface area contributed by atoms with Gasteiger partial charge in [-0.15, -0.1) is 0 Å². The number of hydrogen-bond acceptors (Lipinski definition) is 4. The lowest BCUT2D eigenvalue weighted by Gasteiger charge is -2.26. The monoisotopic (exact) mass is 416 g/mol. The first-order valence-corrected chi connectivity index (χ1v) is 10.4. The lowest BCUT2D eigenvalue weighted by molar-refractivity contribution is -0.127. The molecule has 0 unspecified atom stereocenters. The van der Waals surface area contributed by atoms with Crippen LogP contribution in [0.1, 0.15) is 29.2 Å². The van der Waals surface area contributed by atoms with Crippen LogP contribution in [0.2, 0.25) is 5.02 Å². The number of hydrogen-bond donors (Lipinski definition) is 1. The summed E-state index contributed by atoms with van der Waals surface area (Å²) in [6.45, 7) is 10.6. The maximum absolute atomic E-state index is 12.4. The van der Waals surface area contributed by atoms with E-state index in [0.29, 0.717) is 12.3 Å². The Morgan fingerprint density at radius 1 is 1.14 bits per heavy atom. The van der Waals surface area contributed by atoms with Crippen LogP contribution in [0.5, 0.6) is 5.75 Å². The maximum Gasteiger partial charge on any atom is 0.261 e. The Labute approximate surface area is 177 Å². The van der Waals surface area contributed by atoms with Crippen LogP contribution in [0.25, 0.3) is 0 Å². The molecule has 1 amide bonds. The molecule has 29 heavy (non-hydrogen) atoms. The molecule has 1 heterocycles. The van der Waals surface area contributed by atoms with Crippen molar-refractivity contribution in [2.75, 3.05) is 26.3 Å². The van der Waals surface area contributed by atoms with Crippen LogP contribution in [0.4, 0.5) is 0 Å². The molecular weight excluding hydrogens is 388 g/mol. The highest BCUT2D eigenvalue weighted by Crippen LogP contribution is 2.26. The smallest absolute Gasteiger partial charge is 0.261 e. The Kier molecular flexibility index (Phi) is 7.53. The second kappa shape index (κ2) is 10.1. The summed E-state index contributed by atoms with van der Waals surface area (Å²) in [4.78, 5) is 14.8. The zero-order chi connectivity index (χ0) is 20.8. The number of nitrogens with zero attached hydrogens (tertiary/aromatic N) is 1. The van der Waals surface area contributed by atoms with E-state index in [-0.39, 0.29) is 5.91 Å². The molecular formula is C23H29ClN2O3. The molecule has 1 aliphatic rings. The summed E-state index contributed by atoms with van der Waals surface area (Å²) in [5.41, 5.74) is 4.21. The predicted molar refractivity (Wildman–Crippen MR) is 115 cm³/mol. The molecule has 1 N–H and O–H groups in total. The number of carbonyl (C=O) groups excluding carboxylic acids is 1. The van der Waals surface area contributed by atoms with Crippen LogP contribution in [-0.2, 0) is 22.6 Å². The second-order valence-corrected chi connectivity index (χ2v) is 7.93. The molecule has 1 saturated heterocycles. The van der Waals surface area contributed by atoms with Gasteiger partial charge in [0.05, 0.1) is 13.2 Å². The van der Waals surface area contributed by atoms with E-state index in [2.05, 4.69) is 34.5 Å². The lowest BCUT2D eigenvalue weighted by Crippen LogP contribution is -2.36. The van der Waals surface area contributed by atoms with Gasteiger partial charge in [0.1, 0.15) is 5.75 Å². The third-order valence-electron chi connectivity index (χ3n) is 5.09. The average Bonchev–Trinajstić information content (AvgIpc) is 2.72. The van der Waals surface area contributed by atoms with Crippen molar-refractivity contribution in [3.05, 3.63) is 63.7 Å². The Morgan fingerprint density at radius 2 is 1.72 bits per heavy atom. The van der Waals surface area contributed by atoms with E-state index < -0.39 is 6.10 Å². The normalized spacial score (nSPS) is 15.7. The van der Waals surface area contributed by atoms with Crippen LogP contribution >= 0.6 is 11.6 Å². The van der Waals surface area contributed by atoms with E-state index in [1.165, 1.54) is 5.56 Å². The number of amides is 1. The Balaban J connectivity index is 1.48. The van der Waals surface area contributed by atoms with Crippen molar-refractivity contribution in [2.24, 2.45) is 0 Å². The molecule has 2 aromatic rings. The Hall–Kier alpha value is -2.08. The molecule has 0 bridgehead atoms. The summed E-state index contributed by atoms with van der Waals surface area (Å²) >= 11 is 6.19. The average molecular weight is 417 g/mol. The van der Waals surface area contributed by atoms with Gasteiger partial charge in [-0.25, -0.2) is 0 Å². The molecule has 0 radical (unpaired) electrons. The van der Waals surface area contributed by atoms with E-state index in [9.17, 15) is 4.79 Å². The van der Waals surface area contributed by atoms with Crippen molar-refractivity contribution < 1.29 is 14.3 Å². The van der Waals surface area contributed by atoms with Crippen molar-refractivity contribution >= 4 is 17.5 Å². The number of rotatable bonds is 7. The fourth-order valence-electron chi connectivity index (χ4n) is 3.34. The van der Waals surface area contributed by atoms with E-state index in [0.717, 1.165) is 54.6 Å². The number of halogens is 1. The summed E-state index contributed by atoms with van der Waals surface area (Å²) < 4.78 is 11.2. The summed E-state index contributed by atoms with van der Waals surface area (Å²) in [5.74, 6) is 0.507. The summed E-state index contributed by atoms with van der Waals surface area (Å²) in [6.07, 6.45) is -0.587. The SMILES string of the molecule is Cc1cc(O[C@H](C)C(=O)NCc2ccc(CN3CCOCC3)cc2)cc(C)c1Cl. The number of ether oxygens (including phenoxy) is 2. The van der Waals surface area contributed by atoms with Gasteiger partial charge in [-0.3, -0.25) is 9.69 Å². The van der Waals surface area contributed by atoms with E-state index in [1.807, 2.05) is 26.0 Å². The Morgan fingerprint density at radius 3 is 2.34 bits per heavy atom. The van der Waals surface area contributed by atoms with Crippen molar-refractivity contribution in [2.45, 2.75) is 40.0 Å². The number of aryl methyl sites for hydroxylation is 2. The van der Waals surface area contributed by atoms with Gasteiger partial charge in [0.2, 0.25) is 0 Å². The van der Waals surface area contributed by atoms with Gasteiger partial charge in [0, 0.05) is 31.2 Å². The molecule has 1 atom stereocenters. The zero-order valence-electron chi connectivity index (χ0n) is 17.3. The highest BCUT2D eigenvalue weighted by atomic mass is 35.5. The second-order valence-electron chi connectivity index (χ2n) is 7.55. The van der Waals surface area contributed by atoms with Gasteiger partial charge in [0.15, 0.2) is 6.10 Å². The van der Waals surface area contributed by atoms with Crippen molar-refractivity contribution in [3.63, 3.8) is 0 Å². The quantitative estimate of drug-likeness (QED) is 0.744. The first-order chi connectivity index (χ1) is 13.9. The molecule has 0 saturated carbocycles. The van der Waals surface area contributed by atoms with Crippen LogP contribution < -0.4 is 10.1 Å². The number of benzene rings is 2. The van der Waals surface area contributed by atoms with Crippen LogP contribution in [0, 0.1) is 13.8 Å². The zero-order valence-corrected chi connectivity index (χ0v) is 18.1. The third kappa shape index (κ3) is 6.20. The first-order valence-electron chi connectivity index (χ1n) is 10.0. The lowest BCUT2D eigenvalue weighted by atomic mass is 10.1. The minimum Gasteiger partial charge on any atom is -0.481 e. The molecule has 5 nitrogen and oxygen atoms in total. The molecule has 0 aromatic heterocycles. The standard InChI is InChI=1S/C23H29ClN2O3/c1-16-12-21(13-17(2)22(16)24)29-18(3)23(27)25-14-19-4-6-20(7-5-19)15-26-8-10-28-11-9-26/h4-7,12-13,18H,8-11,14-15H2,1-3H3,(H,25,27)/t18-/m1/s1. The summed E-state index contributed by atoms with van der Waals surface area (Å²) in [7, 11) is 0. The maximum atomic E-state index is 12.4. The molecule has 1 aliphatic heterocycles. The summed E-state index contributed by atoms with van der Waals surface area (Å²) in [6, 6.07) is 12.1. The highest BCUT2D eigenvalue weighted by molar-refractivity contribution is 6.32. The van der Waals surface area contributed by atoms with Gasteiger partial charge in [-0.1, -0.05) is 35.9 Å². The molecule has 3 rings (SSSR count). The largest absolute Gasteiger partial charge is 0.481 e. The van der Waals surface area contributed by atoms with E-state index in [4.69, 9.17) is 21.1 Å². The number of morpholine rings is 1. The molecule has 0 spiro atoms. The highest BCUT2D eigenvalue weighted by Gasteiger charge is 2.16. The third-order valence-corrected chi connectivity index (χ3v) is 5.69. The fraction of sp³-hybridized carbons (Fsp3) is 0.435. The van der Waals surface area contributed by atoms with Crippen molar-refractivity contribution in [3.8, 4) is 5.75 Å². The van der Waals surface area contributed by atoms with Crippen LogP contribution in [0.15, 0.2) is 36.4 Å². The van der Waals surface area contributed by atoms with Gasteiger partial charge >= 0.3 is 0 Å². The molecule has 156 valence electrons. The van der Waals surface area contributed by atoms with Gasteiger partial charge in [-0.05, 0) is 55.2 Å². The van der Waals surface area contributed by atoms with Crippen LogP contribution in [0.3, 0.4) is 0 Å². The summed E-state index contributed by atoms with van der Waals surface area (Å²) in [5, 5.41) is 3.67.